The van der Waals surface area contributed by atoms with Gasteiger partial charge in [0.25, 0.3) is 0 Å². The molecular formula is C13H24N2O3. The normalized spacial score (nSPS) is 16.7. The van der Waals surface area contributed by atoms with Crippen LogP contribution in [0.4, 0.5) is 0 Å². The molecule has 5 nitrogen and oxygen atoms in total. The quantitative estimate of drug-likeness (QED) is 0.775. The van der Waals surface area contributed by atoms with Gasteiger partial charge < -0.3 is 10.0 Å². The summed E-state index contributed by atoms with van der Waals surface area (Å²) in [5, 5.41) is 8.66. The van der Waals surface area contributed by atoms with E-state index in [2.05, 4.69) is 0 Å². The second kappa shape index (κ2) is 8.08. The molecule has 1 saturated heterocycles. The van der Waals surface area contributed by atoms with Crippen molar-refractivity contribution in [3.63, 3.8) is 0 Å². The van der Waals surface area contributed by atoms with E-state index in [4.69, 9.17) is 5.11 Å². The Hall–Kier alpha value is -1.10. The molecule has 1 rings (SSSR count). The van der Waals surface area contributed by atoms with Crippen molar-refractivity contribution in [3.8, 4) is 0 Å². The Labute approximate surface area is 109 Å². The second-order valence-corrected chi connectivity index (χ2v) is 4.81. The van der Waals surface area contributed by atoms with Crippen LogP contribution in [0, 0.1) is 0 Å². The predicted octanol–water partition coefficient (Wildman–Crippen LogP) is 1.19. The first-order valence-electron chi connectivity index (χ1n) is 6.85. The molecule has 0 aromatic heterocycles. The number of aliphatic carboxylic acids is 1. The highest BCUT2D eigenvalue weighted by atomic mass is 16.4. The Morgan fingerprint density at radius 3 is 2.28 bits per heavy atom. The molecular weight excluding hydrogens is 232 g/mol. The van der Waals surface area contributed by atoms with Crippen molar-refractivity contribution in [3.05, 3.63) is 0 Å². The fourth-order valence-corrected chi connectivity index (χ4v) is 2.21. The molecule has 0 saturated carbocycles. The van der Waals surface area contributed by atoms with Crippen molar-refractivity contribution in [2.24, 2.45) is 0 Å². The van der Waals surface area contributed by atoms with Crippen molar-refractivity contribution in [1.29, 1.82) is 0 Å². The zero-order valence-corrected chi connectivity index (χ0v) is 11.2. The van der Waals surface area contributed by atoms with Crippen LogP contribution in [0.5, 0.6) is 0 Å². The number of hydrogen-bond acceptors (Lipinski definition) is 3. The highest BCUT2D eigenvalue weighted by Gasteiger charge is 2.18. The molecule has 1 aliphatic heterocycles. The van der Waals surface area contributed by atoms with Gasteiger partial charge in [-0.2, -0.15) is 0 Å². The molecule has 0 unspecified atom stereocenters. The molecule has 0 radical (unpaired) electrons. The maximum atomic E-state index is 12.1. The van der Waals surface area contributed by atoms with Gasteiger partial charge in [0.2, 0.25) is 5.91 Å². The summed E-state index contributed by atoms with van der Waals surface area (Å²) in [6.07, 6.45) is 4.70. The molecule has 104 valence electrons. The summed E-state index contributed by atoms with van der Waals surface area (Å²) < 4.78 is 0. The van der Waals surface area contributed by atoms with Crippen LogP contribution >= 0.6 is 0 Å². The number of likely N-dealkylation sites (N-methyl/N-ethyl adjacent to an activating group) is 1. The molecule has 18 heavy (non-hydrogen) atoms. The molecule has 1 fully saturated rings. The Kier molecular flexibility index (Phi) is 6.72. The third kappa shape index (κ3) is 5.49. The summed E-state index contributed by atoms with van der Waals surface area (Å²) in [5.74, 6) is -0.667. The summed E-state index contributed by atoms with van der Waals surface area (Å²) in [6.45, 7) is 5.18. The lowest BCUT2D eigenvalue weighted by Gasteiger charge is -2.25. The van der Waals surface area contributed by atoms with Gasteiger partial charge in [0.05, 0.1) is 13.0 Å². The number of carbonyl (C=O) groups is 2. The van der Waals surface area contributed by atoms with Crippen LogP contribution in [0.2, 0.25) is 0 Å². The van der Waals surface area contributed by atoms with E-state index in [9.17, 15) is 9.59 Å². The van der Waals surface area contributed by atoms with E-state index in [-0.39, 0.29) is 12.3 Å². The molecule has 0 bridgehead atoms. The van der Waals surface area contributed by atoms with E-state index >= 15 is 0 Å². The van der Waals surface area contributed by atoms with Gasteiger partial charge in [-0.25, -0.2) is 0 Å². The van der Waals surface area contributed by atoms with Gasteiger partial charge >= 0.3 is 5.97 Å². The third-order valence-corrected chi connectivity index (χ3v) is 3.41. The average molecular weight is 256 g/mol. The highest BCUT2D eigenvalue weighted by molar-refractivity contribution is 5.78. The molecule has 1 amide bonds. The van der Waals surface area contributed by atoms with E-state index in [1.54, 1.807) is 0 Å². The fraction of sp³-hybridized carbons (Fsp3) is 0.846. The SMILES string of the molecule is CCN(CCC(=O)O)CC(=O)N1CCCCCC1. The topological polar surface area (TPSA) is 60.9 Å². The fourth-order valence-electron chi connectivity index (χ4n) is 2.21. The van der Waals surface area contributed by atoms with Crippen LogP contribution in [0.15, 0.2) is 0 Å². The van der Waals surface area contributed by atoms with E-state index < -0.39 is 5.97 Å². The summed E-state index contributed by atoms with van der Waals surface area (Å²) >= 11 is 0. The minimum Gasteiger partial charge on any atom is -0.481 e. The van der Waals surface area contributed by atoms with Crippen molar-refractivity contribution in [1.82, 2.24) is 9.80 Å². The first-order valence-corrected chi connectivity index (χ1v) is 6.85. The van der Waals surface area contributed by atoms with Crippen LogP contribution < -0.4 is 0 Å². The summed E-state index contributed by atoms with van der Waals surface area (Å²) in [6, 6.07) is 0. The number of hydrogen-bond donors (Lipinski definition) is 1. The van der Waals surface area contributed by atoms with Crippen LogP contribution in [-0.4, -0.2) is 59.5 Å². The zero-order chi connectivity index (χ0) is 13.4. The van der Waals surface area contributed by atoms with Crippen molar-refractivity contribution >= 4 is 11.9 Å². The first kappa shape index (κ1) is 15.0. The minimum absolute atomic E-state index is 0.0983. The van der Waals surface area contributed by atoms with Crippen LogP contribution in [0.3, 0.4) is 0 Å². The molecule has 1 heterocycles. The number of carboxylic acids is 1. The Morgan fingerprint density at radius 1 is 1.17 bits per heavy atom. The summed E-state index contributed by atoms with van der Waals surface area (Å²) in [5.41, 5.74) is 0. The number of carbonyl (C=O) groups excluding carboxylic acids is 1. The number of likely N-dealkylation sites (tertiary alicyclic amines) is 1. The highest BCUT2D eigenvalue weighted by Crippen LogP contribution is 2.10. The average Bonchev–Trinajstić information content (AvgIpc) is 2.62. The van der Waals surface area contributed by atoms with Gasteiger partial charge in [-0.3, -0.25) is 14.5 Å². The van der Waals surface area contributed by atoms with Gasteiger partial charge in [0.15, 0.2) is 0 Å². The van der Waals surface area contributed by atoms with Gasteiger partial charge in [-0.05, 0) is 19.4 Å². The van der Waals surface area contributed by atoms with E-state index in [0.717, 1.165) is 25.9 Å². The number of carboxylic acid groups (broad SMARTS) is 1. The maximum absolute atomic E-state index is 12.1. The van der Waals surface area contributed by atoms with Crippen LogP contribution in [-0.2, 0) is 9.59 Å². The summed E-state index contributed by atoms with van der Waals surface area (Å²) in [7, 11) is 0. The molecule has 0 aromatic carbocycles. The van der Waals surface area contributed by atoms with Gasteiger partial charge in [-0.1, -0.05) is 19.8 Å². The van der Waals surface area contributed by atoms with Gasteiger partial charge in [-0.15, -0.1) is 0 Å². The van der Waals surface area contributed by atoms with E-state index in [1.165, 1.54) is 12.8 Å². The molecule has 1 aliphatic rings. The lowest BCUT2D eigenvalue weighted by Crippen LogP contribution is -2.41. The zero-order valence-electron chi connectivity index (χ0n) is 11.2. The standard InChI is InChI=1S/C13H24N2O3/c1-2-14(10-7-13(17)18)11-12(16)15-8-5-3-4-6-9-15/h2-11H2,1H3,(H,17,18). The Balaban J connectivity index is 2.37. The first-order chi connectivity index (χ1) is 8.63. The molecule has 1 N–H and O–H groups in total. The monoisotopic (exact) mass is 256 g/mol. The molecule has 0 aromatic rings. The number of amides is 1. The predicted molar refractivity (Wildman–Crippen MR) is 69.4 cm³/mol. The van der Waals surface area contributed by atoms with E-state index in [0.29, 0.717) is 19.6 Å². The van der Waals surface area contributed by atoms with Crippen molar-refractivity contribution in [2.75, 3.05) is 32.7 Å². The molecule has 0 atom stereocenters. The minimum atomic E-state index is -0.810. The summed E-state index contributed by atoms with van der Waals surface area (Å²) in [4.78, 5) is 26.5. The largest absolute Gasteiger partial charge is 0.481 e. The second-order valence-electron chi connectivity index (χ2n) is 4.81. The third-order valence-electron chi connectivity index (χ3n) is 3.41. The number of nitrogens with zero attached hydrogens (tertiary/aromatic N) is 2. The Bertz CT molecular complexity index is 273. The van der Waals surface area contributed by atoms with Crippen molar-refractivity contribution in [2.45, 2.75) is 39.0 Å². The molecule has 0 spiro atoms. The van der Waals surface area contributed by atoms with Crippen molar-refractivity contribution < 1.29 is 14.7 Å². The molecule has 5 heteroatoms. The smallest absolute Gasteiger partial charge is 0.304 e. The number of rotatable bonds is 6. The van der Waals surface area contributed by atoms with Crippen LogP contribution in [0.25, 0.3) is 0 Å². The molecule has 0 aliphatic carbocycles. The van der Waals surface area contributed by atoms with E-state index in [1.807, 2.05) is 16.7 Å². The lowest BCUT2D eigenvalue weighted by atomic mass is 10.2. The maximum Gasteiger partial charge on any atom is 0.304 e. The van der Waals surface area contributed by atoms with Gasteiger partial charge in [0.1, 0.15) is 0 Å². The van der Waals surface area contributed by atoms with Gasteiger partial charge in [0, 0.05) is 19.6 Å². The lowest BCUT2D eigenvalue weighted by molar-refractivity contribution is -0.138. The Morgan fingerprint density at radius 2 is 1.78 bits per heavy atom. The van der Waals surface area contributed by atoms with Crippen LogP contribution in [0.1, 0.15) is 39.0 Å².